The summed E-state index contributed by atoms with van der Waals surface area (Å²) in [4.78, 5) is 29.5. The van der Waals surface area contributed by atoms with Gasteiger partial charge in [-0.05, 0) is 24.1 Å². The number of amides is 1. The summed E-state index contributed by atoms with van der Waals surface area (Å²) >= 11 is 0. The number of pyridine rings is 1. The molecule has 7 heteroatoms. The second-order valence-corrected chi connectivity index (χ2v) is 7.92. The molecule has 4 rings (SSSR count). The molecule has 2 aromatic heterocycles. The first-order valence-electron chi connectivity index (χ1n) is 10.1. The molecule has 0 unspecified atom stereocenters. The average molecular weight is 404 g/mol. The zero-order valence-electron chi connectivity index (χ0n) is 17.2. The molecule has 1 aliphatic rings. The Hall–Kier alpha value is -3.53. The third kappa shape index (κ3) is 3.45. The lowest BCUT2D eigenvalue weighted by Crippen LogP contribution is -2.49. The minimum absolute atomic E-state index is 0.141. The standard InChI is InChI=1S/C23H24N4O3/c1-16(2)15-27-19-7-4-3-6-17(19)21(18(14-24)22(27)28)25-9-11-26(12-10-25)23(29)20-8-5-13-30-20/h3-8,13,16H,9-12,15H2,1-2H3. The van der Waals surface area contributed by atoms with Crippen molar-refractivity contribution in [2.75, 3.05) is 31.1 Å². The highest BCUT2D eigenvalue weighted by Crippen LogP contribution is 2.30. The molecule has 3 heterocycles. The van der Waals surface area contributed by atoms with Crippen molar-refractivity contribution < 1.29 is 9.21 Å². The van der Waals surface area contributed by atoms with Gasteiger partial charge in [-0.25, -0.2) is 0 Å². The molecule has 154 valence electrons. The zero-order chi connectivity index (χ0) is 21.3. The lowest BCUT2D eigenvalue weighted by molar-refractivity contribution is 0.0715. The predicted molar refractivity (Wildman–Crippen MR) is 115 cm³/mol. The van der Waals surface area contributed by atoms with E-state index in [2.05, 4.69) is 19.9 Å². The number of rotatable bonds is 4. The van der Waals surface area contributed by atoms with Crippen LogP contribution >= 0.6 is 0 Å². The van der Waals surface area contributed by atoms with Crippen LogP contribution in [0.5, 0.6) is 0 Å². The van der Waals surface area contributed by atoms with Gasteiger partial charge in [-0.15, -0.1) is 0 Å². The SMILES string of the molecule is CC(C)Cn1c(=O)c(C#N)c(N2CCN(C(=O)c3ccco3)CC2)c2ccccc21. The molecule has 0 bridgehead atoms. The summed E-state index contributed by atoms with van der Waals surface area (Å²) in [7, 11) is 0. The number of para-hydroxylation sites is 1. The van der Waals surface area contributed by atoms with Gasteiger partial charge >= 0.3 is 0 Å². The average Bonchev–Trinajstić information content (AvgIpc) is 3.29. The van der Waals surface area contributed by atoms with Crippen LogP contribution in [0.15, 0.2) is 51.9 Å². The van der Waals surface area contributed by atoms with E-state index >= 15 is 0 Å². The minimum Gasteiger partial charge on any atom is -0.459 e. The van der Waals surface area contributed by atoms with Gasteiger partial charge in [0.25, 0.3) is 11.5 Å². The second kappa shape index (κ2) is 8.07. The number of carbonyl (C=O) groups excluding carboxylic acids is 1. The number of fused-ring (bicyclic) bond motifs is 1. The molecule has 0 atom stereocenters. The molecule has 1 fully saturated rings. The molecule has 1 aliphatic heterocycles. The highest BCUT2D eigenvalue weighted by molar-refractivity contribution is 5.95. The molecular weight excluding hydrogens is 380 g/mol. The number of benzene rings is 1. The molecule has 0 N–H and O–H groups in total. The smallest absolute Gasteiger partial charge is 0.289 e. The van der Waals surface area contributed by atoms with E-state index in [-0.39, 0.29) is 22.9 Å². The minimum atomic E-state index is -0.256. The van der Waals surface area contributed by atoms with Crippen LogP contribution < -0.4 is 10.5 Å². The van der Waals surface area contributed by atoms with Crippen LogP contribution in [0.1, 0.15) is 30.0 Å². The Balaban J connectivity index is 1.71. The first-order valence-corrected chi connectivity index (χ1v) is 10.1. The number of hydrogen-bond donors (Lipinski definition) is 0. The maximum absolute atomic E-state index is 13.2. The lowest BCUT2D eigenvalue weighted by atomic mass is 10.1. The largest absolute Gasteiger partial charge is 0.459 e. The summed E-state index contributed by atoms with van der Waals surface area (Å²) in [5.74, 6) is 0.458. The maximum atomic E-state index is 13.2. The van der Waals surface area contributed by atoms with Gasteiger partial charge in [-0.3, -0.25) is 9.59 Å². The van der Waals surface area contributed by atoms with Crippen molar-refractivity contribution in [2.24, 2.45) is 5.92 Å². The number of aromatic nitrogens is 1. The fourth-order valence-corrected chi connectivity index (χ4v) is 4.05. The first-order chi connectivity index (χ1) is 14.5. The third-order valence-corrected chi connectivity index (χ3v) is 5.42. The van der Waals surface area contributed by atoms with Gasteiger partial charge < -0.3 is 18.8 Å². The summed E-state index contributed by atoms with van der Waals surface area (Å²) in [6.07, 6.45) is 1.49. The van der Waals surface area contributed by atoms with Crippen molar-refractivity contribution in [1.29, 1.82) is 5.26 Å². The predicted octanol–water partition coefficient (Wildman–Crippen LogP) is 3.08. The van der Waals surface area contributed by atoms with Crippen molar-refractivity contribution in [3.8, 4) is 6.07 Å². The van der Waals surface area contributed by atoms with Crippen LogP contribution in [-0.2, 0) is 6.54 Å². The molecule has 1 saturated heterocycles. The highest BCUT2D eigenvalue weighted by atomic mass is 16.3. The van der Waals surface area contributed by atoms with E-state index in [4.69, 9.17) is 4.42 Å². The van der Waals surface area contributed by atoms with Crippen LogP contribution in [0, 0.1) is 17.2 Å². The van der Waals surface area contributed by atoms with Gasteiger partial charge in [0.15, 0.2) is 5.76 Å². The number of nitrogens with zero attached hydrogens (tertiary/aromatic N) is 4. The topological polar surface area (TPSA) is 82.5 Å². The Morgan fingerprint density at radius 2 is 1.87 bits per heavy atom. The molecular formula is C23H24N4O3. The summed E-state index contributed by atoms with van der Waals surface area (Å²) in [6, 6.07) is 13.2. The highest BCUT2D eigenvalue weighted by Gasteiger charge is 2.27. The molecule has 1 amide bonds. The Morgan fingerprint density at radius 3 is 2.50 bits per heavy atom. The lowest BCUT2D eigenvalue weighted by Gasteiger charge is -2.36. The molecule has 3 aromatic rings. The van der Waals surface area contributed by atoms with Crippen LogP contribution in [0.2, 0.25) is 0 Å². The number of nitriles is 1. The Labute approximate surface area is 174 Å². The van der Waals surface area contributed by atoms with E-state index in [0.717, 1.165) is 10.9 Å². The molecule has 7 nitrogen and oxygen atoms in total. The molecule has 1 aromatic carbocycles. The number of furan rings is 1. The first kappa shape index (κ1) is 19.8. The molecule has 0 radical (unpaired) electrons. The monoisotopic (exact) mass is 404 g/mol. The number of hydrogen-bond acceptors (Lipinski definition) is 5. The van der Waals surface area contributed by atoms with E-state index in [1.165, 1.54) is 6.26 Å². The molecule has 0 aliphatic carbocycles. The quantitative estimate of drug-likeness (QED) is 0.667. The molecule has 0 spiro atoms. The van der Waals surface area contributed by atoms with Crippen molar-refractivity contribution in [3.05, 3.63) is 64.3 Å². The van der Waals surface area contributed by atoms with Gasteiger partial charge in [-0.1, -0.05) is 32.0 Å². The van der Waals surface area contributed by atoms with Crippen LogP contribution in [0.25, 0.3) is 10.9 Å². The third-order valence-electron chi connectivity index (χ3n) is 5.42. The van der Waals surface area contributed by atoms with Crippen molar-refractivity contribution in [1.82, 2.24) is 9.47 Å². The fraction of sp³-hybridized carbons (Fsp3) is 0.348. The summed E-state index contributed by atoms with van der Waals surface area (Å²) in [5.41, 5.74) is 1.41. The molecule has 0 saturated carbocycles. The van der Waals surface area contributed by atoms with Gasteiger partial charge in [-0.2, -0.15) is 5.26 Å². The van der Waals surface area contributed by atoms with E-state index in [0.29, 0.717) is 44.2 Å². The normalized spacial score (nSPS) is 14.3. The molecule has 30 heavy (non-hydrogen) atoms. The van der Waals surface area contributed by atoms with Crippen molar-refractivity contribution in [3.63, 3.8) is 0 Å². The van der Waals surface area contributed by atoms with Gasteiger partial charge in [0.05, 0.1) is 17.5 Å². The summed E-state index contributed by atoms with van der Waals surface area (Å²) in [5, 5.41) is 10.7. The summed E-state index contributed by atoms with van der Waals surface area (Å²) in [6.45, 7) is 6.73. The van der Waals surface area contributed by atoms with Gasteiger partial charge in [0.2, 0.25) is 0 Å². The Kier molecular flexibility index (Phi) is 5.32. The van der Waals surface area contributed by atoms with E-state index in [1.807, 2.05) is 29.2 Å². The number of carbonyl (C=O) groups is 1. The number of piperazine rings is 1. The van der Waals surface area contributed by atoms with Crippen molar-refractivity contribution >= 4 is 22.5 Å². The van der Waals surface area contributed by atoms with Crippen LogP contribution in [-0.4, -0.2) is 41.6 Å². The number of anilines is 1. The maximum Gasteiger partial charge on any atom is 0.289 e. The fourth-order valence-electron chi connectivity index (χ4n) is 4.05. The van der Waals surface area contributed by atoms with E-state index < -0.39 is 0 Å². The van der Waals surface area contributed by atoms with Crippen LogP contribution in [0.3, 0.4) is 0 Å². The van der Waals surface area contributed by atoms with Gasteiger partial charge in [0, 0.05) is 38.1 Å². The zero-order valence-corrected chi connectivity index (χ0v) is 17.2. The van der Waals surface area contributed by atoms with Crippen molar-refractivity contribution in [2.45, 2.75) is 20.4 Å². The van der Waals surface area contributed by atoms with Crippen LogP contribution in [0.4, 0.5) is 5.69 Å². The summed E-state index contributed by atoms with van der Waals surface area (Å²) < 4.78 is 6.93. The van der Waals surface area contributed by atoms with E-state index in [9.17, 15) is 14.9 Å². The second-order valence-electron chi connectivity index (χ2n) is 7.92. The Bertz CT molecular complexity index is 1160. The van der Waals surface area contributed by atoms with E-state index in [1.54, 1.807) is 21.6 Å². The Morgan fingerprint density at radius 1 is 1.13 bits per heavy atom. The van der Waals surface area contributed by atoms with Gasteiger partial charge in [0.1, 0.15) is 11.6 Å².